The van der Waals surface area contributed by atoms with Crippen LogP contribution in [0.3, 0.4) is 0 Å². The van der Waals surface area contributed by atoms with Crippen molar-refractivity contribution in [1.29, 1.82) is 0 Å². The van der Waals surface area contributed by atoms with Gasteiger partial charge in [-0.05, 0) is 31.5 Å². The summed E-state index contributed by atoms with van der Waals surface area (Å²) in [5.41, 5.74) is 1.99. The van der Waals surface area contributed by atoms with Gasteiger partial charge < -0.3 is 15.0 Å². The Balaban J connectivity index is 1.78. The molecule has 1 N–H and O–H groups in total. The number of benzene rings is 1. The first-order chi connectivity index (χ1) is 14.1. The molecule has 1 aromatic heterocycles. The van der Waals surface area contributed by atoms with E-state index in [2.05, 4.69) is 32.4 Å². The first-order valence-corrected chi connectivity index (χ1v) is 10.9. The minimum Gasteiger partial charge on any atom is -0.379 e. The zero-order chi connectivity index (χ0) is 20.6. The Morgan fingerprint density at radius 2 is 2.21 bits per heavy atom. The zero-order valence-corrected chi connectivity index (χ0v) is 18.2. The topological polar surface area (TPSA) is 53.0 Å². The smallest absolute Gasteiger partial charge is 0.194 e. The fourth-order valence-corrected chi connectivity index (χ4v) is 4.08. The largest absolute Gasteiger partial charge is 0.379 e. The van der Waals surface area contributed by atoms with Gasteiger partial charge in [0.25, 0.3) is 0 Å². The molecule has 1 fully saturated rings. The predicted octanol–water partition coefficient (Wildman–Crippen LogP) is 3.06. The SMILES string of the molecule is CCNC(=NCC(c1cccc(F)c1)N1CCOCC1)N(C)Cc1csc(C)n1. The number of rotatable bonds is 7. The van der Waals surface area contributed by atoms with Gasteiger partial charge in [-0.2, -0.15) is 0 Å². The molecular formula is C21H30FN5OS. The van der Waals surface area contributed by atoms with Gasteiger partial charge in [-0.15, -0.1) is 11.3 Å². The fourth-order valence-electron chi connectivity index (χ4n) is 3.48. The summed E-state index contributed by atoms with van der Waals surface area (Å²) in [7, 11) is 2.02. The summed E-state index contributed by atoms with van der Waals surface area (Å²) in [6.45, 7) is 9.12. The molecule has 0 saturated carbocycles. The number of nitrogens with one attached hydrogen (secondary N) is 1. The van der Waals surface area contributed by atoms with Gasteiger partial charge in [0.1, 0.15) is 5.82 Å². The van der Waals surface area contributed by atoms with Crippen molar-refractivity contribution < 1.29 is 9.13 Å². The lowest BCUT2D eigenvalue weighted by Gasteiger charge is -2.34. The van der Waals surface area contributed by atoms with Crippen LogP contribution in [0.1, 0.15) is 29.2 Å². The van der Waals surface area contributed by atoms with Crippen molar-refractivity contribution in [2.75, 3.05) is 46.4 Å². The molecule has 158 valence electrons. The van der Waals surface area contributed by atoms with Crippen LogP contribution in [0.2, 0.25) is 0 Å². The third-order valence-corrected chi connectivity index (χ3v) is 5.72. The van der Waals surface area contributed by atoms with Gasteiger partial charge in [-0.25, -0.2) is 9.37 Å². The molecule has 3 rings (SSSR count). The Morgan fingerprint density at radius 1 is 1.41 bits per heavy atom. The van der Waals surface area contributed by atoms with Gasteiger partial charge in [0.05, 0.1) is 43.0 Å². The number of nitrogens with zero attached hydrogens (tertiary/aromatic N) is 4. The minimum absolute atomic E-state index is 0.0122. The number of guanidine groups is 1. The van der Waals surface area contributed by atoms with Gasteiger partial charge in [0.15, 0.2) is 5.96 Å². The third-order valence-electron chi connectivity index (χ3n) is 4.90. The Kier molecular flexibility index (Phi) is 7.97. The highest BCUT2D eigenvalue weighted by Gasteiger charge is 2.23. The molecule has 2 heterocycles. The number of thiazole rings is 1. The van der Waals surface area contributed by atoms with Crippen LogP contribution in [0, 0.1) is 12.7 Å². The second kappa shape index (κ2) is 10.7. The van der Waals surface area contributed by atoms with E-state index in [1.54, 1.807) is 23.5 Å². The van der Waals surface area contributed by atoms with Gasteiger partial charge >= 0.3 is 0 Å². The van der Waals surface area contributed by atoms with Crippen LogP contribution < -0.4 is 5.32 Å². The Bertz CT molecular complexity index is 806. The molecule has 0 aliphatic carbocycles. The van der Waals surface area contributed by atoms with Gasteiger partial charge in [0, 0.05) is 32.1 Å². The van der Waals surface area contributed by atoms with Crippen molar-refractivity contribution in [3.63, 3.8) is 0 Å². The van der Waals surface area contributed by atoms with Crippen molar-refractivity contribution in [2.24, 2.45) is 4.99 Å². The molecule has 0 radical (unpaired) electrons. The van der Waals surface area contributed by atoms with Crippen LogP contribution in [-0.4, -0.2) is 67.2 Å². The number of halogens is 1. The summed E-state index contributed by atoms with van der Waals surface area (Å²) < 4.78 is 19.4. The molecule has 0 spiro atoms. The van der Waals surface area contributed by atoms with Crippen LogP contribution in [0.4, 0.5) is 4.39 Å². The van der Waals surface area contributed by atoms with Crippen LogP contribution in [-0.2, 0) is 11.3 Å². The maximum Gasteiger partial charge on any atom is 0.194 e. The molecule has 0 amide bonds. The Hall–Kier alpha value is -2.03. The number of hydrogen-bond acceptors (Lipinski definition) is 5. The molecule has 29 heavy (non-hydrogen) atoms. The summed E-state index contributed by atoms with van der Waals surface area (Å²) in [5, 5.41) is 6.51. The Morgan fingerprint density at radius 3 is 2.86 bits per heavy atom. The quantitative estimate of drug-likeness (QED) is 0.552. The monoisotopic (exact) mass is 419 g/mol. The lowest BCUT2D eigenvalue weighted by atomic mass is 10.0. The van der Waals surface area contributed by atoms with E-state index in [-0.39, 0.29) is 11.9 Å². The van der Waals surface area contributed by atoms with E-state index in [9.17, 15) is 4.39 Å². The van der Waals surface area contributed by atoms with Crippen LogP contribution in [0.5, 0.6) is 0 Å². The van der Waals surface area contributed by atoms with Crippen LogP contribution >= 0.6 is 11.3 Å². The summed E-state index contributed by atoms with van der Waals surface area (Å²) in [4.78, 5) is 13.9. The average Bonchev–Trinajstić information content (AvgIpc) is 3.12. The first-order valence-electron chi connectivity index (χ1n) is 10.0. The molecule has 1 aromatic carbocycles. The molecule has 1 saturated heterocycles. The number of aromatic nitrogens is 1. The highest BCUT2D eigenvalue weighted by Crippen LogP contribution is 2.23. The maximum atomic E-state index is 13.9. The van der Waals surface area contributed by atoms with E-state index in [4.69, 9.17) is 9.73 Å². The number of aryl methyl sites for hydroxylation is 1. The Labute approximate surface area is 176 Å². The van der Waals surface area contributed by atoms with Gasteiger partial charge in [0.2, 0.25) is 0 Å². The molecule has 8 heteroatoms. The molecular weight excluding hydrogens is 389 g/mol. The van der Waals surface area contributed by atoms with Crippen molar-refractivity contribution in [3.8, 4) is 0 Å². The molecule has 1 aliphatic heterocycles. The minimum atomic E-state index is -0.215. The number of hydrogen-bond donors (Lipinski definition) is 1. The highest BCUT2D eigenvalue weighted by atomic mass is 32.1. The second-order valence-corrected chi connectivity index (χ2v) is 8.19. The van der Waals surface area contributed by atoms with E-state index < -0.39 is 0 Å². The lowest BCUT2D eigenvalue weighted by molar-refractivity contribution is 0.0179. The highest BCUT2D eigenvalue weighted by molar-refractivity contribution is 7.09. The van der Waals surface area contributed by atoms with Crippen LogP contribution in [0.25, 0.3) is 0 Å². The van der Waals surface area contributed by atoms with Crippen molar-refractivity contribution in [3.05, 3.63) is 51.7 Å². The van der Waals surface area contributed by atoms with Crippen molar-refractivity contribution in [1.82, 2.24) is 20.1 Å². The molecule has 2 aromatic rings. The standard InChI is InChI=1S/C21H30FN5OS/c1-4-23-21(26(3)14-19-15-29-16(2)25-19)24-13-20(27-8-10-28-11-9-27)17-6-5-7-18(22)12-17/h5-7,12,15,20H,4,8-11,13-14H2,1-3H3,(H,23,24). The predicted molar refractivity (Wildman–Crippen MR) is 116 cm³/mol. The maximum absolute atomic E-state index is 13.9. The second-order valence-electron chi connectivity index (χ2n) is 7.13. The van der Waals surface area contributed by atoms with E-state index in [1.807, 2.05) is 20.0 Å². The first kappa shape index (κ1) is 21.7. The molecule has 6 nitrogen and oxygen atoms in total. The summed E-state index contributed by atoms with van der Waals surface area (Å²) in [5.74, 6) is 0.612. The van der Waals surface area contributed by atoms with E-state index in [0.717, 1.165) is 41.9 Å². The third kappa shape index (κ3) is 6.22. The fraction of sp³-hybridized carbons (Fsp3) is 0.524. The summed E-state index contributed by atoms with van der Waals surface area (Å²) >= 11 is 1.66. The summed E-state index contributed by atoms with van der Waals surface area (Å²) in [6.07, 6.45) is 0. The molecule has 1 aliphatic rings. The molecule has 1 atom stereocenters. The number of morpholine rings is 1. The zero-order valence-electron chi connectivity index (χ0n) is 17.4. The van der Waals surface area contributed by atoms with E-state index in [0.29, 0.717) is 26.3 Å². The molecule has 1 unspecified atom stereocenters. The van der Waals surface area contributed by atoms with Gasteiger partial charge in [-0.3, -0.25) is 9.89 Å². The molecule has 0 bridgehead atoms. The van der Waals surface area contributed by atoms with E-state index >= 15 is 0 Å². The average molecular weight is 420 g/mol. The van der Waals surface area contributed by atoms with Crippen molar-refractivity contribution >= 4 is 17.3 Å². The summed E-state index contributed by atoms with van der Waals surface area (Å²) in [6, 6.07) is 6.86. The van der Waals surface area contributed by atoms with Gasteiger partial charge in [-0.1, -0.05) is 12.1 Å². The number of aliphatic imine (C=N–C) groups is 1. The normalized spacial score (nSPS) is 16.6. The van der Waals surface area contributed by atoms with Crippen molar-refractivity contribution in [2.45, 2.75) is 26.4 Å². The van der Waals surface area contributed by atoms with Crippen LogP contribution in [0.15, 0.2) is 34.6 Å². The van der Waals surface area contributed by atoms with E-state index in [1.165, 1.54) is 6.07 Å². The number of ether oxygens (including phenoxy) is 1. The lowest BCUT2D eigenvalue weighted by Crippen LogP contribution is -2.42.